The minimum Gasteiger partial charge on any atom is -0.352 e. The number of nitrogens with one attached hydrogen (secondary N) is 3. The maximum Gasteiger partial charge on any atom is 0.276 e. The van der Waals surface area contributed by atoms with Crippen LogP contribution in [0.2, 0.25) is 0 Å². The first-order valence-electron chi connectivity index (χ1n) is 6.52. The molecule has 3 aromatic rings. The molecule has 0 aliphatic heterocycles. The molecule has 1 heterocycles. The Kier molecular flexibility index (Phi) is 4.13. The van der Waals surface area contributed by atoms with Gasteiger partial charge in [-0.1, -0.05) is 5.21 Å². The molecule has 0 fully saturated rings. The summed E-state index contributed by atoms with van der Waals surface area (Å²) in [5, 5.41) is 21.5. The number of fused-ring (bicyclic) bond motifs is 1. The van der Waals surface area contributed by atoms with E-state index in [2.05, 4.69) is 43.3 Å². The molecule has 0 bridgehead atoms. The Morgan fingerprint density at radius 1 is 1.39 bits per heavy atom. The highest BCUT2D eigenvalue weighted by atomic mass is 127. The van der Waals surface area contributed by atoms with Crippen molar-refractivity contribution in [1.82, 2.24) is 20.9 Å². The van der Waals surface area contributed by atoms with Crippen molar-refractivity contribution in [1.29, 1.82) is 0 Å². The van der Waals surface area contributed by atoms with Crippen molar-refractivity contribution in [3.8, 4) is 0 Å². The van der Waals surface area contributed by atoms with Gasteiger partial charge in [0.1, 0.15) is 11.0 Å². The molecular weight excluding hydrogens is 416 g/mol. The lowest BCUT2D eigenvalue weighted by Crippen LogP contribution is -2.20. The van der Waals surface area contributed by atoms with E-state index >= 15 is 0 Å². The maximum atomic E-state index is 14.7. The van der Waals surface area contributed by atoms with Gasteiger partial charge >= 0.3 is 0 Å². The summed E-state index contributed by atoms with van der Waals surface area (Å²) in [6.07, 6.45) is 0. The monoisotopic (exact) mass is 427 g/mol. The second-order valence-corrected chi connectivity index (χ2v) is 6.09. The smallest absolute Gasteiger partial charge is 0.276 e. The van der Waals surface area contributed by atoms with Crippen LogP contribution < -0.4 is 10.8 Å². The molecule has 1 aromatic heterocycles. The van der Waals surface area contributed by atoms with Crippen molar-refractivity contribution < 1.29 is 14.4 Å². The van der Waals surface area contributed by atoms with Crippen LogP contribution in [0.5, 0.6) is 0 Å². The zero-order valence-electron chi connectivity index (χ0n) is 11.8. The fourth-order valence-corrected chi connectivity index (χ4v) is 2.86. The van der Waals surface area contributed by atoms with E-state index in [1.54, 1.807) is 6.07 Å². The lowest BCUT2D eigenvalue weighted by molar-refractivity contribution is 0.0707. The van der Waals surface area contributed by atoms with Crippen molar-refractivity contribution in [3.05, 3.63) is 44.8 Å². The molecule has 9 heteroatoms. The molecular formula is C14H11FIN5O2. The summed E-state index contributed by atoms with van der Waals surface area (Å²) in [6.45, 7) is 1.87. The van der Waals surface area contributed by atoms with Crippen LogP contribution in [0, 0.1) is 16.3 Å². The van der Waals surface area contributed by atoms with E-state index in [0.717, 1.165) is 9.13 Å². The second kappa shape index (κ2) is 6.08. The molecule has 0 spiro atoms. The number of carbonyl (C=O) groups excluding carboxylic acids is 1. The predicted molar refractivity (Wildman–Crippen MR) is 90.3 cm³/mol. The largest absolute Gasteiger partial charge is 0.352 e. The van der Waals surface area contributed by atoms with E-state index in [9.17, 15) is 9.18 Å². The summed E-state index contributed by atoms with van der Waals surface area (Å²) in [7, 11) is 0. The van der Waals surface area contributed by atoms with Gasteiger partial charge in [-0.05, 0) is 59.3 Å². The lowest BCUT2D eigenvalue weighted by atomic mass is 10.1. The first-order valence-corrected chi connectivity index (χ1v) is 7.60. The van der Waals surface area contributed by atoms with Gasteiger partial charge in [0.2, 0.25) is 0 Å². The number of hydroxylamine groups is 1. The first kappa shape index (κ1) is 15.6. The maximum absolute atomic E-state index is 14.7. The van der Waals surface area contributed by atoms with Gasteiger partial charge in [-0.2, -0.15) is 0 Å². The molecule has 0 aliphatic carbocycles. The standard InChI is InChI=1S/C14H11FIN5O2/c1-6-4-7(16)2-3-9(6)17-12-8(14(22)20-23)5-10-13(11(12)15)19-21-18-10/h2-5,17,23H,1H3,(H,20,22)(H,18,19,21). The zero-order chi connectivity index (χ0) is 16.6. The molecule has 0 radical (unpaired) electrons. The summed E-state index contributed by atoms with van der Waals surface area (Å²) in [5.74, 6) is -1.55. The number of nitrogens with zero attached hydrogens (tertiary/aromatic N) is 2. The summed E-state index contributed by atoms with van der Waals surface area (Å²) in [6, 6.07) is 6.91. The molecule has 2 aromatic carbocycles. The third-order valence-electron chi connectivity index (χ3n) is 3.36. The molecule has 3 rings (SSSR count). The van der Waals surface area contributed by atoms with Crippen LogP contribution in [0.1, 0.15) is 15.9 Å². The van der Waals surface area contributed by atoms with E-state index < -0.39 is 11.7 Å². The molecule has 0 unspecified atom stereocenters. The van der Waals surface area contributed by atoms with E-state index in [1.165, 1.54) is 11.5 Å². The number of benzene rings is 2. The Labute approximate surface area is 143 Å². The van der Waals surface area contributed by atoms with Gasteiger partial charge in [-0.15, -0.1) is 5.10 Å². The van der Waals surface area contributed by atoms with Crippen LogP contribution in [0.25, 0.3) is 11.0 Å². The molecule has 1 amide bonds. The van der Waals surface area contributed by atoms with E-state index in [4.69, 9.17) is 5.21 Å². The average molecular weight is 427 g/mol. The van der Waals surface area contributed by atoms with Crippen molar-refractivity contribution in [2.24, 2.45) is 0 Å². The number of rotatable bonds is 3. The molecule has 118 valence electrons. The van der Waals surface area contributed by atoms with Gasteiger partial charge in [-0.3, -0.25) is 15.1 Å². The number of H-pyrrole nitrogens is 1. The third kappa shape index (κ3) is 2.84. The SMILES string of the molecule is Cc1cc(I)ccc1Nc1c(C(=O)NO)cc2nn[nH]c2c1F. The second-order valence-electron chi connectivity index (χ2n) is 4.84. The topological polar surface area (TPSA) is 103 Å². The predicted octanol–water partition coefficient (Wildman–Crippen LogP) is 2.87. The Morgan fingerprint density at radius 3 is 2.87 bits per heavy atom. The lowest BCUT2D eigenvalue weighted by Gasteiger charge is -2.14. The number of anilines is 2. The quantitative estimate of drug-likeness (QED) is 0.293. The number of aryl methyl sites for hydroxylation is 1. The number of amides is 1. The molecule has 23 heavy (non-hydrogen) atoms. The minimum absolute atomic E-state index is 0.0700. The third-order valence-corrected chi connectivity index (χ3v) is 4.03. The highest BCUT2D eigenvalue weighted by molar-refractivity contribution is 14.1. The Morgan fingerprint density at radius 2 is 2.17 bits per heavy atom. The Hall–Kier alpha value is -2.27. The van der Waals surface area contributed by atoms with Crippen LogP contribution in [-0.4, -0.2) is 26.5 Å². The highest BCUT2D eigenvalue weighted by Crippen LogP contribution is 2.31. The first-order chi connectivity index (χ1) is 11.0. The van der Waals surface area contributed by atoms with Gasteiger partial charge in [0.25, 0.3) is 5.91 Å². The molecule has 0 atom stereocenters. The molecule has 4 N–H and O–H groups in total. The fourth-order valence-electron chi connectivity index (χ4n) is 2.21. The summed E-state index contributed by atoms with van der Waals surface area (Å²) >= 11 is 2.17. The zero-order valence-corrected chi connectivity index (χ0v) is 14.0. The number of halogens is 2. The van der Waals surface area contributed by atoms with Crippen LogP contribution in [0.4, 0.5) is 15.8 Å². The normalized spacial score (nSPS) is 10.8. The van der Waals surface area contributed by atoms with E-state index in [-0.39, 0.29) is 22.3 Å². The van der Waals surface area contributed by atoms with E-state index in [0.29, 0.717) is 5.69 Å². The van der Waals surface area contributed by atoms with Gasteiger partial charge in [0.15, 0.2) is 5.82 Å². The number of hydrogen-bond donors (Lipinski definition) is 4. The molecule has 0 saturated heterocycles. The Bertz CT molecular complexity index is 912. The number of aromatic nitrogens is 3. The Balaban J connectivity index is 2.17. The number of carbonyl (C=O) groups is 1. The number of hydrogen-bond acceptors (Lipinski definition) is 5. The van der Waals surface area contributed by atoms with Crippen LogP contribution in [-0.2, 0) is 0 Å². The van der Waals surface area contributed by atoms with Crippen molar-refractivity contribution in [2.45, 2.75) is 6.92 Å². The van der Waals surface area contributed by atoms with Gasteiger partial charge in [0, 0.05) is 9.26 Å². The van der Waals surface area contributed by atoms with Gasteiger partial charge in [0.05, 0.1) is 11.3 Å². The van der Waals surface area contributed by atoms with Crippen molar-refractivity contribution >= 4 is 50.9 Å². The van der Waals surface area contributed by atoms with Crippen molar-refractivity contribution in [3.63, 3.8) is 0 Å². The highest BCUT2D eigenvalue weighted by Gasteiger charge is 2.21. The summed E-state index contributed by atoms with van der Waals surface area (Å²) in [5.41, 5.74) is 3.15. The van der Waals surface area contributed by atoms with Gasteiger partial charge < -0.3 is 5.32 Å². The fraction of sp³-hybridized carbons (Fsp3) is 0.0714. The van der Waals surface area contributed by atoms with Crippen LogP contribution >= 0.6 is 22.6 Å². The summed E-state index contributed by atoms with van der Waals surface area (Å²) < 4.78 is 15.8. The molecule has 7 nitrogen and oxygen atoms in total. The van der Waals surface area contributed by atoms with Crippen LogP contribution in [0.3, 0.4) is 0 Å². The average Bonchev–Trinajstić information content (AvgIpc) is 3.00. The minimum atomic E-state index is -0.848. The molecule has 0 saturated carbocycles. The van der Waals surface area contributed by atoms with Crippen molar-refractivity contribution in [2.75, 3.05) is 5.32 Å². The number of aromatic amines is 1. The summed E-state index contributed by atoms with van der Waals surface area (Å²) in [4.78, 5) is 11.9. The molecule has 0 aliphatic rings. The van der Waals surface area contributed by atoms with Gasteiger partial charge in [-0.25, -0.2) is 9.87 Å². The van der Waals surface area contributed by atoms with Crippen LogP contribution in [0.15, 0.2) is 24.3 Å². The van der Waals surface area contributed by atoms with E-state index in [1.807, 2.05) is 19.1 Å².